The highest BCUT2D eigenvalue weighted by Gasteiger charge is 2.26. The Balaban J connectivity index is 1.41. The highest BCUT2D eigenvalue weighted by Crippen LogP contribution is 2.33. The van der Waals surface area contributed by atoms with Gasteiger partial charge in [0.25, 0.3) is 60.7 Å². The summed E-state index contributed by atoms with van der Waals surface area (Å²) in [6.45, 7) is -2.33. The Morgan fingerprint density at radius 1 is 0.442 bits per heavy atom. The fourth-order valence-corrected chi connectivity index (χ4v) is 10.6. The fraction of sp³-hybridized carbons (Fsp3) is 0.143. The van der Waals surface area contributed by atoms with E-state index in [1.54, 1.807) is 12.1 Å². The van der Waals surface area contributed by atoms with Gasteiger partial charge in [0.2, 0.25) is 35.7 Å². The summed E-state index contributed by atoms with van der Waals surface area (Å²) in [5, 5.41) is 48.9. The number of carboxylic acids is 2. The molecule has 0 bridgehead atoms. The molecule has 0 aliphatic carbocycles. The van der Waals surface area contributed by atoms with E-state index in [0.717, 1.165) is 58.6 Å². The Kier molecular flexibility index (Phi) is 20.2. The zero-order chi connectivity index (χ0) is 63.7. The van der Waals surface area contributed by atoms with Crippen molar-refractivity contribution < 1.29 is 97.6 Å². The van der Waals surface area contributed by atoms with Crippen molar-refractivity contribution in [1.82, 2.24) is 40.8 Å². The highest BCUT2D eigenvalue weighted by molar-refractivity contribution is 7.87. The lowest BCUT2D eigenvalue weighted by Gasteiger charge is -2.22. The summed E-state index contributed by atoms with van der Waals surface area (Å²) in [5.74, 6) is -6.61. The average molecular weight is 1310 g/mol. The number of benzene rings is 4. The molecule has 0 fully saturated rings. The summed E-state index contributed by atoms with van der Waals surface area (Å²) in [6.07, 6.45) is 1.28. The van der Waals surface area contributed by atoms with Gasteiger partial charge in [0.05, 0.1) is 59.2 Å². The Bertz CT molecular complexity index is 4230. The Labute approximate surface area is 485 Å². The molecule has 0 amide bonds. The fourth-order valence-electron chi connectivity index (χ4n) is 6.95. The maximum atomic E-state index is 12.9. The van der Waals surface area contributed by atoms with Crippen molar-refractivity contribution in [3.63, 3.8) is 0 Å². The van der Waals surface area contributed by atoms with Crippen LogP contribution in [0.2, 0.25) is 0 Å². The molecule has 6 aromatic rings. The van der Waals surface area contributed by atoms with Crippen molar-refractivity contribution >= 4 is 143 Å². The normalized spacial score (nSPS) is 12.2. The molecule has 0 radical (unpaired) electrons. The monoisotopic (exact) mass is 1310 g/mol. The molecular weight excluding hydrogens is 1270 g/mol. The second-order valence-electron chi connectivity index (χ2n) is 16.6. The van der Waals surface area contributed by atoms with Crippen LogP contribution in [0, 0.1) is 22.7 Å². The molecule has 0 aliphatic rings. The lowest BCUT2D eigenvalue weighted by molar-refractivity contribution is -0.137. The Hall–Kier alpha value is -9.26. The van der Waals surface area contributed by atoms with Crippen molar-refractivity contribution in [2.45, 2.75) is 42.2 Å². The largest absolute Gasteiger partial charge is 0.480 e. The van der Waals surface area contributed by atoms with Crippen LogP contribution >= 0.6 is 0 Å². The SMILES string of the molecule is N#CCCN(NCC(=O)O)c1nc(Nc2ccc(C=Cc3ccc(Nc4nc(Nc5cc(S(=O)(=O)O)ccc5S(=O)(=O)O)nc(N(CCC#N)NCC(=O)O)n4)cc3S(=O)(=O)O)c(S(=O)(=O)O)c2)nc(Nc2cc(S(=O)(=O)O)ccc2S(=O)(=O)O)n1. The van der Waals surface area contributed by atoms with E-state index in [9.17, 15) is 108 Å². The number of carbonyl (C=O) groups is 2. The molecule has 456 valence electrons. The van der Waals surface area contributed by atoms with Gasteiger partial charge in [-0.3, -0.25) is 46.9 Å². The van der Waals surface area contributed by atoms with Gasteiger partial charge in [0.15, 0.2) is 0 Å². The predicted octanol–water partition coefficient (Wildman–Crippen LogP) is 1.30. The van der Waals surface area contributed by atoms with Gasteiger partial charge in [-0.05, 0) is 71.8 Å². The molecule has 2 heterocycles. The summed E-state index contributed by atoms with van der Waals surface area (Å²) in [6, 6.07) is 13.0. The Morgan fingerprint density at radius 3 is 1.06 bits per heavy atom. The van der Waals surface area contributed by atoms with Crippen LogP contribution in [0.4, 0.5) is 58.4 Å². The number of carboxylic acid groups (broad SMARTS) is 2. The number of aromatic nitrogens is 6. The molecule has 86 heavy (non-hydrogen) atoms. The smallest absolute Gasteiger partial charge is 0.319 e. The molecule has 44 heteroatoms. The molecule has 0 unspecified atom stereocenters. The predicted molar refractivity (Wildman–Crippen MR) is 293 cm³/mol. The number of hydrogen-bond acceptors (Lipinski definition) is 30. The first kappa shape index (κ1) is 65.9. The van der Waals surface area contributed by atoms with E-state index in [1.807, 2.05) is 0 Å². The molecule has 38 nitrogen and oxygen atoms in total. The summed E-state index contributed by atoms with van der Waals surface area (Å²) >= 11 is 0. The summed E-state index contributed by atoms with van der Waals surface area (Å²) in [5.41, 5.74) is 1.94. The van der Waals surface area contributed by atoms with Gasteiger partial charge in [-0.2, -0.15) is 90.9 Å². The topological polar surface area (TPSA) is 604 Å². The maximum absolute atomic E-state index is 12.9. The Morgan fingerprint density at radius 2 is 0.767 bits per heavy atom. The zero-order valence-corrected chi connectivity index (χ0v) is 47.4. The second-order valence-corrected chi connectivity index (χ2v) is 25.0. The second kappa shape index (κ2) is 26.3. The van der Waals surface area contributed by atoms with Crippen LogP contribution in [0.3, 0.4) is 0 Å². The van der Waals surface area contributed by atoms with Crippen molar-refractivity contribution in [3.8, 4) is 12.1 Å². The van der Waals surface area contributed by atoms with Crippen LogP contribution in [-0.4, -0.2) is 156 Å². The number of hydrazine groups is 2. The third-order valence-corrected chi connectivity index (χ3v) is 15.9. The molecule has 0 spiro atoms. The highest BCUT2D eigenvalue weighted by atomic mass is 32.2. The van der Waals surface area contributed by atoms with Gasteiger partial charge in [0.1, 0.15) is 32.7 Å². The van der Waals surface area contributed by atoms with Crippen LogP contribution in [0.5, 0.6) is 0 Å². The number of nitriles is 2. The van der Waals surface area contributed by atoms with Crippen LogP contribution in [0.15, 0.2) is 102 Å². The minimum Gasteiger partial charge on any atom is -0.480 e. The number of hydrogen-bond donors (Lipinski definition) is 14. The maximum Gasteiger partial charge on any atom is 0.319 e. The average Bonchev–Trinajstić information content (AvgIpc) is 1.16. The molecule has 4 aromatic carbocycles. The lowest BCUT2D eigenvalue weighted by Crippen LogP contribution is -2.43. The zero-order valence-electron chi connectivity index (χ0n) is 42.5. The first-order valence-electron chi connectivity index (χ1n) is 22.8. The van der Waals surface area contributed by atoms with Crippen molar-refractivity contribution in [1.29, 1.82) is 10.5 Å². The quantitative estimate of drug-likeness (QED) is 0.0187. The molecule has 6 rings (SSSR count). The van der Waals surface area contributed by atoms with Crippen LogP contribution in [0.1, 0.15) is 24.0 Å². The van der Waals surface area contributed by atoms with Gasteiger partial charge < -0.3 is 31.5 Å². The number of nitrogens with one attached hydrogen (secondary N) is 6. The number of aliphatic carboxylic acids is 2. The summed E-state index contributed by atoms with van der Waals surface area (Å²) < 4.78 is 209. The minimum absolute atomic E-state index is 0.294. The van der Waals surface area contributed by atoms with Gasteiger partial charge >= 0.3 is 11.9 Å². The van der Waals surface area contributed by atoms with Crippen LogP contribution in [0.25, 0.3) is 12.2 Å². The van der Waals surface area contributed by atoms with Gasteiger partial charge in [-0.15, -0.1) is 0 Å². The van der Waals surface area contributed by atoms with Gasteiger partial charge in [-0.25, -0.2) is 10.9 Å². The molecule has 14 N–H and O–H groups in total. The number of nitrogens with zero attached hydrogens (tertiary/aromatic N) is 10. The molecular formula is C42H40N16O22S6. The molecule has 0 atom stereocenters. The first-order chi connectivity index (χ1) is 39.9. The molecule has 0 saturated carbocycles. The third-order valence-electron chi connectivity index (χ3n) is 10.6. The van der Waals surface area contributed by atoms with E-state index < -0.39 is 162 Å². The minimum atomic E-state index is -5.27. The first-order valence-corrected chi connectivity index (χ1v) is 31.5. The summed E-state index contributed by atoms with van der Waals surface area (Å²) in [4.78, 5) is 41.9. The van der Waals surface area contributed by atoms with Crippen LogP contribution in [-0.2, 0) is 70.3 Å². The van der Waals surface area contributed by atoms with Crippen molar-refractivity contribution in [2.75, 3.05) is 57.5 Å². The standard InChI is InChI=1S/C42H40N16O22S6/c43-13-1-15-57(45-21-35(59)60)41-53-37(51-39(55-41)49-29-19-27(81(63,64)65)9-11-31(29)83(69,70)71)47-25-7-5-23(33(17-25)85(75,76)77)3-4-24-6-8-26(18-34(24)86(78,79)80)48-38-52-40(56-42(54-38)58(16-2-14-44)46-22-36(61)62)50-30-20-28(82(66,67)68)10-12-32(30)84(72,73)74/h3-12,17-20,45-46H,1-2,15-16,21-22H2,(H,59,60)(H,61,62)(H,63,64,65)(H,66,67,68)(H,69,70,71)(H,72,73,74)(H,75,76,77)(H,78,79,80)(H2,47,49,51,53,55)(H2,48,50,52,54,56). The van der Waals surface area contributed by atoms with E-state index in [2.05, 4.69) is 62.0 Å². The number of anilines is 10. The van der Waals surface area contributed by atoms with Crippen LogP contribution < -0.4 is 42.1 Å². The third kappa shape index (κ3) is 18.1. The molecule has 2 aromatic heterocycles. The molecule has 0 aliphatic heterocycles. The number of rotatable bonds is 28. The van der Waals surface area contributed by atoms with Crippen molar-refractivity contribution in [2.24, 2.45) is 0 Å². The van der Waals surface area contributed by atoms with Gasteiger partial charge in [0, 0.05) is 11.4 Å². The lowest BCUT2D eigenvalue weighted by atomic mass is 10.1. The van der Waals surface area contributed by atoms with E-state index in [1.165, 1.54) is 0 Å². The van der Waals surface area contributed by atoms with Gasteiger partial charge in [-0.1, -0.05) is 24.3 Å². The van der Waals surface area contributed by atoms with E-state index in [-0.39, 0.29) is 48.4 Å². The van der Waals surface area contributed by atoms with E-state index in [0.29, 0.717) is 36.4 Å². The van der Waals surface area contributed by atoms with E-state index in [4.69, 9.17) is 0 Å². The van der Waals surface area contributed by atoms with Crippen molar-refractivity contribution in [3.05, 3.63) is 83.9 Å². The van der Waals surface area contributed by atoms with E-state index >= 15 is 0 Å². The summed E-state index contributed by atoms with van der Waals surface area (Å²) in [7, 11) is -31.0. The molecule has 0 saturated heterocycles.